The highest BCUT2D eigenvalue weighted by Gasteiger charge is 2.63. The van der Waals surface area contributed by atoms with Crippen LogP contribution in [0.15, 0.2) is 43.0 Å². The Morgan fingerprint density at radius 3 is 2.51 bits per heavy atom. The number of halogens is 5. The van der Waals surface area contributed by atoms with E-state index in [1.54, 1.807) is 12.3 Å². The van der Waals surface area contributed by atoms with Crippen LogP contribution in [-0.4, -0.2) is 54.2 Å². The lowest BCUT2D eigenvalue weighted by Gasteiger charge is -2.36. The third-order valence-electron chi connectivity index (χ3n) is 8.96. The van der Waals surface area contributed by atoms with Crippen molar-refractivity contribution in [3.63, 3.8) is 0 Å². The molecule has 5 rings (SSSR count). The Balaban J connectivity index is 1.48. The van der Waals surface area contributed by atoms with E-state index in [0.29, 0.717) is 18.0 Å². The first-order chi connectivity index (χ1) is 20.2. The Hall–Kier alpha value is -3.35. The summed E-state index contributed by atoms with van der Waals surface area (Å²) >= 11 is 0. The van der Waals surface area contributed by atoms with Gasteiger partial charge < -0.3 is 9.84 Å². The van der Waals surface area contributed by atoms with Gasteiger partial charge in [0.2, 0.25) is 0 Å². The average molecular weight is 610 g/mol. The molecule has 234 valence electrons. The highest BCUT2D eigenvalue weighted by atomic mass is 19.4. The molecule has 3 heterocycles. The van der Waals surface area contributed by atoms with E-state index in [-0.39, 0.29) is 36.2 Å². The summed E-state index contributed by atoms with van der Waals surface area (Å²) in [6, 6.07) is 4.34. The number of carbonyl (C=O) groups excluding carboxylic acids is 1. The van der Waals surface area contributed by atoms with E-state index in [1.165, 1.54) is 29.2 Å². The van der Waals surface area contributed by atoms with Crippen LogP contribution >= 0.6 is 0 Å². The molecule has 3 aromatic rings. The highest BCUT2D eigenvalue weighted by Crippen LogP contribution is 2.59. The minimum atomic E-state index is -4.48. The van der Waals surface area contributed by atoms with Gasteiger partial charge in [0.1, 0.15) is 11.9 Å². The fourth-order valence-electron chi connectivity index (χ4n) is 6.05. The first-order valence-electron chi connectivity index (χ1n) is 14.5. The first kappa shape index (κ1) is 31.1. The minimum Gasteiger partial charge on any atom is -0.445 e. The van der Waals surface area contributed by atoms with Crippen molar-refractivity contribution in [3.8, 4) is 5.69 Å². The summed E-state index contributed by atoms with van der Waals surface area (Å²) in [5, 5.41) is 15.3. The number of rotatable bonds is 9. The van der Waals surface area contributed by atoms with E-state index < -0.39 is 54.4 Å². The van der Waals surface area contributed by atoms with Crippen molar-refractivity contribution in [2.24, 2.45) is 23.2 Å². The number of aliphatic hydroxyl groups is 1. The number of pyridine rings is 1. The third kappa shape index (κ3) is 6.32. The normalized spacial score (nSPS) is 23.4. The summed E-state index contributed by atoms with van der Waals surface area (Å²) in [6.07, 6.45) is -2.83. The standard InChI is InChI=1S/C30H36F5N5O3/c1-18(2)22-7-5-19(3)13-23(22)43-27(41)39-17-20(14-28(9-10-28)30(33,34)35)38-25(39)15-29(42,26(31)32)24-8-6-21(16-36-24)40-12-4-11-37-40/h4,6,8,11-12,16-19,22-23,26,42H,5,7,9-10,13-15H2,1-3H3/t19-,22+,23-,29?/m0/s1. The Morgan fingerprint density at radius 2 is 1.95 bits per heavy atom. The van der Waals surface area contributed by atoms with E-state index in [0.717, 1.165) is 23.6 Å². The number of ether oxygens (including phenoxy) is 1. The van der Waals surface area contributed by atoms with E-state index in [1.807, 2.05) is 13.8 Å². The molecule has 0 aliphatic heterocycles. The lowest BCUT2D eigenvalue weighted by Crippen LogP contribution is -2.40. The molecule has 0 spiro atoms. The second-order valence-electron chi connectivity index (χ2n) is 12.5. The second-order valence-corrected chi connectivity index (χ2v) is 12.5. The Labute approximate surface area is 246 Å². The quantitative estimate of drug-likeness (QED) is 0.279. The smallest absolute Gasteiger partial charge is 0.419 e. The molecule has 1 unspecified atom stereocenters. The maximum absolute atomic E-state index is 14.6. The van der Waals surface area contributed by atoms with Gasteiger partial charge >= 0.3 is 12.3 Å². The predicted octanol–water partition coefficient (Wildman–Crippen LogP) is 6.49. The Bertz CT molecular complexity index is 1400. The van der Waals surface area contributed by atoms with Crippen LogP contribution < -0.4 is 0 Å². The van der Waals surface area contributed by atoms with Crippen LogP contribution in [-0.2, 0) is 23.2 Å². The van der Waals surface area contributed by atoms with Crippen molar-refractivity contribution in [3.05, 3.63) is 60.2 Å². The van der Waals surface area contributed by atoms with Crippen molar-refractivity contribution in [1.82, 2.24) is 24.3 Å². The van der Waals surface area contributed by atoms with Crippen molar-refractivity contribution in [1.29, 1.82) is 0 Å². The van der Waals surface area contributed by atoms with Crippen LogP contribution in [0, 0.1) is 23.2 Å². The van der Waals surface area contributed by atoms with Crippen molar-refractivity contribution in [2.75, 3.05) is 0 Å². The molecule has 8 nitrogen and oxygen atoms in total. The number of aromatic nitrogens is 5. The number of hydrogen-bond acceptors (Lipinski definition) is 6. The largest absolute Gasteiger partial charge is 0.445 e. The average Bonchev–Trinajstić information content (AvgIpc) is 3.35. The Kier molecular flexibility index (Phi) is 8.40. The van der Waals surface area contributed by atoms with Gasteiger partial charge in [-0.25, -0.2) is 27.8 Å². The monoisotopic (exact) mass is 609 g/mol. The van der Waals surface area contributed by atoms with Gasteiger partial charge in [-0.15, -0.1) is 0 Å². The number of carbonyl (C=O) groups is 1. The van der Waals surface area contributed by atoms with Gasteiger partial charge in [0.25, 0.3) is 6.43 Å². The first-order valence-corrected chi connectivity index (χ1v) is 14.5. The van der Waals surface area contributed by atoms with Gasteiger partial charge in [-0.3, -0.25) is 4.98 Å². The molecule has 0 radical (unpaired) electrons. The minimum absolute atomic E-state index is 0.0713. The molecule has 43 heavy (non-hydrogen) atoms. The summed E-state index contributed by atoms with van der Waals surface area (Å²) in [6.45, 7) is 6.11. The fourth-order valence-corrected chi connectivity index (χ4v) is 6.05. The lowest BCUT2D eigenvalue weighted by atomic mass is 9.75. The van der Waals surface area contributed by atoms with Gasteiger partial charge in [0.05, 0.1) is 28.7 Å². The number of nitrogens with zero attached hydrogens (tertiary/aromatic N) is 5. The van der Waals surface area contributed by atoms with Gasteiger partial charge in [-0.05, 0) is 61.6 Å². The van der Waals surface area contributed by atoms with Crippen LogP contribution in [0.3, 0.4) is 0 Å². The van der Waals surface area contributed by atoms with Gasteiger partial charge in [-0.1, -0.05) is 27.2 Å². The van der Waals surface area contributed by atoms with E-state index in [9.17, 15) is 31.9 Å². The maximum Gasteiger partial charge on any atom is 0.419 e. The molecule has 13 heteroatoms. The summed E-state index contributed by atoms with van der Waals surface area (Å²) in [7, 11) is 0. The van der Waals surface area contributed by atoms with Crippen molar-refractivity contribution >= 4 is 6.09 Å². The van der Waals surface area contributed by atoms with Crippen LogP contribution in [0.4, 0.5) is 26.7 Å². The molecule has 2 saturated carbocycles. The zero-order chi connectivity index (χ0) is 31.2. The van der Waals surface area contributed by atoms with Crippen LogP contribution in [0.1, 0.15) is 70.1 Å². The number of hydrogen-bond donors (Lipinski definition) is 1. The molecule has 0 amide bonds. The van der Waals surface area contributed by atoms with Crippen molar-refractivity contribution < 1.29 is 36.6 Å². The number of imidazole rings is 1. The van der Waals surface area contributed by atoms with Gasteiger partial charge in [0, 0.05) is 31.4 Å². The van der Waals surface area contributed by atoms with Crippen LogP contribution in [0.5, 0.6) is 0 Å². The van der Waals surface area contributed by atoms with Gasteiger partial charge in [0.15, 0.2) is 5.60 Å². The molecule has 0 aromatic carbocycles. The molecule has 3 aromatic heterocycles. The fraction of sp³-hybridized carbons (Fsp3) is 0.600. The highest BCUT2D eigenvalue weighted by molar-refractivity contribution is 5.71. The summed E-state index contributed by atoms with van der Waals surface area (Å²) in [5.74, 6) is 0.252. The predicted molar refractivity (Wildman–Crippen MR) is 146 cm³/mol. The zero-order valence-electron chi connectivity index (χ0n) is 24.3. The number of alkyl halides is 5. The lowest BCUT2D eigenvalue weighted by molar-refractivity contribution is -0.186. The molecule has 2 aliphatic rings. The summed E-state index contributed by atoms with van der Waals surface area (Å²) in [4.78, 5) is 21.8. The molecule has 1 N–H and O–H groups in total. The third-order valence-corrected chi connectivity index (χ3v) is 8.96. The molecule has 0 bridgehead atoms. The molecule has 2 aliphatic carbocycles. The molecule has 0 saturated heterocycles. The topological polar surface area (TPSA) is 95.1 Å². The van der Waals surface area contributed by atoms with Crippen molar-refractivity contribution in [2.45, 2.75) is 90.0 Å². The van der Waals surface area contributed by atoms with Crippen LogP contribution in [0.25, 0.3) is 5.69 Å². The van der Waals surface area contributed by atoms with E-state index in [4.69, 9.17) is 4.74 Å². The SMILES string of the molecule is CC(C)[C@H]1CC[C@H](C)C[C@@H]1OC(=O)n1cc(CC2(C(F)(F)F)CC2)nc1CC(O)(c1ccc(-n2cccn2)cn1)C(F)F. The summed E-state index contributed by atoms with van der Waals surface area (Å²) in [5.41, 5.74) is -4.89. The second kappa shape index (κ2) is 11.6. The van der Waals surface area contributed by atoms with E-state index >= 15 is 0 Å². The Morgan fingerprint density at radius 1 is 1.21 bits per heavy atom. The maximum atomic E-state index is 14.6. The summed E-state index contributed by atoms with van der Waals surface area (Å²) < 4.78 is 78.6. The molecule has 4 atom stereocenters. The van der Waals surface area contributed by atoms with E-state index in [2.05, 4.69) is 22.0 Å². The van der Waals surface area contributed by atoms with Gasteiger partial charge in [-0.2, -0.15) is 18.3 Å². The van der Waals surface area contributed by atoms with Crippen LogP contribution in [0.2, 0.25) is 0 Å². The zero-order valence-corrected chi connectivity index (χ0v) is 24.3. The molecular weight excluding hydrogens is 573 g/mol. The molecular formula is C30H36F5N5O3. The molecule has 2 fully saturated rings.